The predicted octanol–water partition coefficient (Wildman–Crippen LogP) is 1.27. The van der Waals surface area contributed by atoms with Crippen LogP contribution >= 0.6 is 0 Å². The first-order valence-corrected chi connectivity index (χ1v) is 4.03. The minimum absolute atomic E-state index is 0.00352. The molecule has 0 atom stereocenters. The fourth-order valence-electron chi connectivity index (χ4n) is 1.12. The first-order valence-electron chi connectivity index (χ1n) is 4.03. The average Bonchev–Trinajstić information content (AvgIpc) is 2.09. The Bertz CT molecular complexity index is 304. The van der Waals surface area contributed by atoms with Crippen molar-refractivity contribution >= 4 is 0 Å². The van der Waals surface area contributed by atoms with Gasteiger partial charge in [-0.15, -0.1) is 0 Å². The molecule has 0 aliphatic carbocycles. The summed E-state index contributed by atoms with van der Waals surface area (Å²) in [5.41, 5.74) is -0.00352. The SMILES string of the molecule is CCCn1c(OC)cccc1=O. The summed E-state index contributed by atoms with van der Waals surface area (Å²) in [6.07, 6.45) is 0.931. The second-order valence-electron chi connectivity index (χ2n) is 2.56. The zero-order valence-corrected chi connectivity index (χ0v) is 7.41. The zero-order valence-electron chi connectivity index (χ0n) is 7.41. The van der Waals surface area contributed by atoms with Crippen LogP contribution in [0.25, 0.3) is 0 Å². The molecule has 0 spiro atoms. The van der Waals surface area contributed by atoms with Gasteiger partial charge in [0.1, 0.15) is 0 Å². The van der Waals surface area contributed by atoms with E-state index in [0.717, 1.165) is 6.42 Å². The van der Waals surface area contributed by atoms with E-state index in [2.05, 4.69) is 0 Å². The standard InChI is InChI=1S/C9H13NO2/c1-3-7-10-8(11)5-4-6-9(10)12-2/h4-6H,3,7H2,1-2H3. The van der Waals surface area contributed by atoms with Crippen LogP contribution in [0.2, 0.25) is 0 Å². The van der Waals surface area contributed by atoms with Gasteiger partial charge >= 0.3 is 0 Å². The molecule has 12 heavy (non-hydrogen) atoms. The molecule has 0 bridgehead atoms. The molecular formula is C9H13NO2. The van der Waals surface area contributed by atoms with Crippen LogP contribution in [0, 0.1) is 0 Å². The number of pyridine rings is 1. The van der Waals surface area contributed by atoms with Gasteiger partial charge < -0.3 is 4.74 Å². The minimum Gasteiger partial charge on any atom is -0.482 e. The summed E-state index contributed by atoms with van der Waals surface area (Å²) in [7, 11) is 1.57. The van der Waals surface area contributed by atoms with Crippen LogP contribution in [0.15, 0.2) is 23.0 Å². The van der Waals surface area contributed by atoms with Crippen LogP contribution in [0.3, 0.4) is 0 Å². The van der Waals surface area contributed by atoms with Gasteiger partial charge in [-0.25, -0.2) is 0 Å². The molecule has 66 valence electrons. The van der Waals surface area contributed by atoms with E-state index >= 15 is 0 Å². The van der Waals surface area contributed by atoms with Crippen LogP contribution in [0.4, 0.5) is 0 Å². The predicted molar refractivity (Wildman–Crippen MR) is 47.5 cm³/mol. The highest BCUT2D eigenvalue weighted by Crippen LogP contribution is 2.06. The van der Waals surface area contributed by atoms with E-state index in [1.54, 1.807) is 23.8 Å². The lowest BCUT2D eigenvalue weighted by atomic mass is 10.4. The Kier molecular flexibility index (Phi) is 2.91. The Labute approximate surface area is 71.6 Å². The van der Waals surface area contributed by atoms with Gasteiger partial charge in [-0.2, -0.15) is 0 Å². The third kappa shape index (κ3) is 1.67. The molecule has 0 aromatic carbocycles. The van der Waals surface area contributed by atoms with Crippen LogP contribution in [-0.2, 0) is 6.54 Å². The summed E-state index contributed by atoms with van der Waals surface area (Å²) in [6.45, 7) is 2.74. The molecule has 0 radical (unpaired) electrons. The van der Waals surface area contributed by atoms with E-state index in [1.165, 1.54) is 6.07 Å². The summed E-state index contributed by atoms with van der Waals surface area (Å²) in [5, 5.41) is 0. The molecule has 0 fully saturated rings. The van der Waals surface area contributed by atoms with Crippen LogP contribution in [0.5, 0.6) is 5.88 Å². The molecule has 0 unspecified atom stereocenters. The maximum absolute atomic E-state index is 11.3. The minimum atomic E-state index is -0.00352. The topological polar surface area (TPSA) is 31.2 Å². The van der Waals surface area contributed by atoms with Gasteiger partial charge in [0, 0.05) is 12.6 Å². The van der Waals surface area contributed by atoms with Crippen molar-refractivity contribution < 1.29 is 4.74 Å². The molecule has 1 heterocycles. The van der Waals surface area contributed by atoms with Crippen molar-refractivity contribution in [3.05, 3.63) is 28.6 Å². The first-order chi connectivity index (χ1) is 5.79. The first kappa shape index (κ1) is 8.84. The fourth-order valence-corrected chi connectivity index (χ4v) is 1.12. The summed E-state index contributed by atoms with van der Waals surface area (Å²) >= 11 is 0. The van der Waals surface area contributed by atoms with E-state index < -0.39 is 0 Å². The van der Waals surface area contributed by atoms with Crippen molar-refractivity contribution in [2.24, 2.45) is 0 Å². The quantitative estimate of drug-likeness (QED) is 0.678. The molecule has 1 aromatic heterocycles. The monoisotopic (exact) mass is 167 g/mol. The van der Waals surface area contributed by atoms with E-state index in [1.807, 2.05) is 6.92 Å². The Balaban J connectivity index is 3.11. The van der Waals surface area contributed by atoms with Crippen molar-refractivity contribution in [3.63, 3.8) is 0 Å². The summed E-state index contributed by atoms with van der Waals surface area (Å²) in [6, 6.07) is 5.03. The molecule has 1 rings (SSSR count). The molecule has 1 aromatic rings. The molecule has 3 heteroatoms. The van der Waals surface area contributed by atoms with Crippen molar-refractivity contribution in [1.29, 1.82) is 0 Å². The lowest BCUT2D eigenvalue weighted by Gasteiger charge is -2.08. The molecular weight excluding hydrogens is 154 g/mol. The van der Waals surface area contributed by atoms with Crippen LogP contribution in [-0.4, -0.2) is 11.7 Å². The largest absolute Gasteiger partial charge is 0.482 e. The molecule has 0 N–H and O–H groups in total. The van der Waals surface area contributed by atoms with E-state index in [9.17, 15) is 4.79 Å². The van der Waals surface area contributed by atoms with Crippen molar-refractivity contribution in [2.45, 2.75) is 19.9 Å². The number of rotatable bonds is 3. The number of hydrogen-bond donors (Lipinski definition) is 0. The Morgan fingerprint density at radius 3 is 2.83 bits per heavy atom. The number of hydrogen-bond acceptors (Lipinski definition) is 2. The van der Waals surface area contributed by atoms with Gasteiger partial charge in [0.15, 0.2) is 5.88 Å². The highest BCUT2D eigenvalue weighted by Gasteiger charge is 2.00. The summed E-state index contributed by atoms with van der Waals surface area (Å²) in [5.74, 6) is 0.629. The third-order valence-corrected chi connectivity index (χ3v) is 1.67. The van der Waals surface area contributed by atoms with E-state index in [4.69, 9.17) is 4.74 Å². The highest BCUT2D eigenvalue weighted by molar-refractivity contribution is 5.12. The lowest BCUT2D eigenvalue weighted by Crippen LogP contribution is -2.19. The smallest absolute Gasteiger partial charge is 0.253 e. The summed E-state index contributed by atoms with van der Waals surface area (Å²) < 4.78 is 6.67. The molecule has 0 aliphatic rings. The van der Waals surface area contributed by atoms with Crippen molar-refractivity contribution in [1.82, 2.24) is 4.57 Å². The molecule has 0 saturated heterocycles. The molecule has 0 amide bonds. The normalized spacial score (nSPS) is 9.83. The Morgan fingerprint density at radius 2 is 2.25 bits per heavy atom. The van der Waals surface area contributed by atoms with Crippen LogP contribution < -0.4 is 10.3 Å². The van der Waals surface area contributed by atoms with Crippen molar-refractivity contribution in [3.8, 4) is 5.88 Å². The van der Waals surface area contributed by atoms with Gasteiger partial charge in [0.25, 0.3) is 5.56 Å². The number of methoxy groups -OCH3 is 1. The molecule has 3 nitrogen and oxygen atoms in total. The number of aromatic nitrogens is 1. The average molecular weight is 167 g/mol. The summed E-state index contributed by atoms with van der Waals surface area (Å²) in [4.78, 5) is 11.3. The van der Waals surface area contributed by atoms with Gasteiger partial charge in [0.05, 0.1) is 7.11 Å². The van der Waals surface area contributed by atoms with Gasteiger partial charge in [-0.1, -0.05) is 13.0 Å². The molecule has 0 saturated carbocycles. The highest BCUT2D eigenvalue weighted by atomic mass is 16.5. The lowest BCUT2D eigenvalue weighted by molar-refractivity contribution is 0.363. The zero-order chi connectivity index (χ0) is 8.97. The second kappa shape index (κ2) is 3.95. The van der Waals surface area contributed by atoms with Crippen molar-refractivity contribution in [2.75, 3.05) is 7.11 Å². The maximum Gasteiger partial charge on any atom is 0.253 e. The van der Waals surface area contributed by atoms with E-state index in [0.29, 0.717) is 12.4 Å². The fraction of sp³-hybridized carbons (Fsp3) is 0.444. The molecule has 0 aliphatic heterocycles. The Hall–Kier alpha value is -1.25. The van der Waals surface area contributed by atoms with Gasteiger partial charge in [0.2, 0.25) is 0 Å². The number of ether oxygens (including phenoxy) is 1. The third-order valence-electron chi connectivity index (χ3n) is 1.67. The Morgan fingerprint density at radius 1 is 1.50 bits per heavy atom. The maximum atomic E-state index is 11.3. The van der Waals surface area contributed by atoms with Crippen LogP contribution in [0.1, 0.15) is 13.3 Å². The van der Waals surface area contributed by atoms with Gasteiger partial charge in [-0.3, -0.25) is 9.36 Å². The second-order valence-corrected chi connectivity index (χ2v) is 2.56. The number of nitrogens with zero attached hydrogens (tertiary/aromatic N) is 1. The van der Waals surface area contributed by atoms with Gasteiger partial charge in [-0.05, 0) is 12.5 Å². The van der Waals surface area contributed by atoms with E-state index in [-0.39, 0.29) is 5.56 Å².